The van der Waals surface area contributed by atoms with Crippen molar-refractivity contribution in [3.05, 3.63) is 40.6 Å². The maximum Gasteiger partial charge on any atom is 0.307 e. The minimum absolute atomic E-state index is 0.103. The topological polar surface area (TPSA) is 123 Å². The molecule has 0 radical (unpaired) electrons. The Hall–Kier alpha value is -2.91. The molecule has 2 aromatic rings. The van der Waals surface area contributed by atoms with Crippen LogP contribution in [0.5, 0.6) is 5.75 Å². The van der Waals surface area contributed by atoms with E-state index in [9.17, 15) is 9.90 Å². The van der Waals surface area contributed by atoms with Crippen molar-refractivity contribution in [3.8, 4) is 5.75 Å². The SMILES string of the molecule is CCCC(CCO)Nc1nc(N)nc(C)c1Cc1ccc(CN(CC)CCC(=O)OCC)cc1OC. The summed E-state index contributed by atoms with van der Waals surface area (Å²) in [4.78, 5) is 22.8. The summed E-state index contributed by atoms with van der Waals surface area (Å²) in [6.07, 6.45) is 3.51. The van der Waals surface area contributed by atoms with Gasteiger partial charge in [-0.05, 0) is 50.4 Å². The molecular weight excluding hydrogens is 458 g/mol. The van der Waals surface area contributed by atoms with Crippen LogP contribution >= 0.6 is 0 Å². The Morgan fingerprint density at radius 1 is 1.22 bits per heavy atom. The summed E-state index contributed by atoms with van der Waals surface area (Å²) in [7, 11) is 1.67. The standard InChI is InChI=1S/C27H43N5O4/c1-6-9-22(13-15-33)30-26-23(19(4)29-27(28)31-26)17-21-11-10-20(16-24(21)35-5)18-32(7-2)14-12-25(34)36-8-3/h10-11,16,22,33H,6-9,12-15,17-18H2,1-5H3,(H3,28,29,30,31). The molecule has 0 amide bonds. The second-order valence-corrected chi connectivity index (χ2v) is 8.88. The van der Waals surface area contributed by atoms with Crippen molar-refractivity contribution in [1.29, 1.82) is 0 Å². The molecule has 0 saturated heterocycles. The highest BCUT2D eigenvalue weighted by Crippen LogP contribution is 2.29. The third-order valence-corrected chi connectivity index (χ3v) is 6.20. The number of carbonyl (C=O) groups is 1. The van der Waals surface area contributed by atoms with Crippen LogP contribution in [0.2, 0.25) is 0 Å². The molecule has 1 aromatic carbocycles. The number of benzene rings is 1. The summed E-state index contributed by atoms with van der Waals surface area (Å²) in [5, 5.41) is 13.0. The molecule has 9 heteroatoms. The lowest BCUT2D eigenvalue weighted by Crippen LogP contribution is -2.26. The van der Waals surface area contributed by atoms with E-state index in [0.717, 1.165) is 47.5 Å². The van der Waals surface area contributed by atoms with Gasteiger partial charge in [-0.2, -0.15) is 4.98 Å². The van der Waals surface area contributed by atoms with Crippen molar-refractivity contribution in [3.63, 3.8) is 0 Å². The monoisotopic (exact) mass is 501 g/mol. The maximum atomic E-state index is 11.7. The highest BCUT2D eigenvalue weighted by molar-refractivity contribution is 5.69. The molecule has 0 bridgehead atoms. The summed E-state index contributed by atoms with van der Waals surface area (Å²) in [5.41, 5.74) is 9.87. The zero-order valence-corrected chi connectivity index (χ0v) is 22.5. The van der Waals surface area contributed by atoms with Gasteiger partial charge >= 0.3 is 5.97 Å². The van der Waals surface area contributed by atoms with Crippen LogP contribution in [0.4, 0.5) is 11.8 Å². The smallest absolute Gasteiger partial charge is 0.307 e. The molecule has 0 saturated carbocycles. The Balaban J connectivity index is 2.24. The summed E-state index contributed by atoms with van der Waals surface area (Å²) in [6.45, 7) is 10.6. The molecule has 2 rings (SSSR count). The molecule has 1 aromatic heterocycles. The highest BCUT2D eigenvalue weighted by Gasteiger charge is 2.18. The van der Waals surface area contributed by atoms with E-state index in [1.807, 2.05) is 13.8 Å². The van der Waals surface area contributed by atoms with Gasteiger partial charge in [0.15, 0.2) is 0 Å². The normalized spacial score (nSPS) is 12.0. The Morgan fingerprint density at radius 2 is 2.00 bits per heavy atom. The number of rotatable bonds is 16. The summed E-state index contributed by atoms with van der Waals surface area (Å²) in [5.74, 6) is 1.54. The average molecular weight is 502 g/mol. The van der Waals surface area contributed by atoms with Gasteiger partial charge in [-0.1, -0.05) is 32.4 Å². The van der Waals surface area contributed by atoms with E-state index in [4.69, 9.17) is 15.2 Å². The third kappa shape index (κ3) is 8.95. The van der Waals surface area contributed by atoms with Crippen LogP contribution in [0.3, 0.4) is 0 Å². The molecule has 0 aliphatic rings. The number of hydrogen-bond donors (Lipinski definition) is 3. The number of aromatic nitrogens is 2. The fourth-order valence-corrected chi connectivity index (χ4v) is 4.25. The number of nitrogens with one attached hydrogen (secondary N) is 1. The van der Waals surface area contributed by atoms with Crippen molar-refractivity contribution < 1.29 is 19.4 Å². The van der Waals surface area contributed by atoms with Crippen molar-refractivity contribution in [2.45, 2.75) is 72.4 Å². The number of nitrogens with two attached hydrogens (primary N) is 1. The van der Waals surface area contributed by atoms with Crippen LogP contribution in [0, 0.1) is 6.92 Å². The molecular formula is C27H43N5O4. The number of esters is 1. The van der Waals surface area contributed by atoms with E-state index in [2.05, 4.69) is 52.2 Å². The number of methoxy groups -OCH3 is 1. The summed E-state index contributed by atoms with van der Waals surface area (Å²) >= 11 is 0. The van der Waals surface area contributed by atoms with Gasteiger partial charge in [0, 0.05) is 43.4 Å². The van der Waals surface area contributed by atoms with Gasteiger partial charge in [-0.3, -0.25) is 9.69 Å². The van der Waals surface area contributed by atoms with Gasteiger partial charge in [0.2, 0.25) is 5.95 Å². The molecule has 0 spiro atoms. The number of nitrogen functional groups attached to an aromatic ring is 1. The first kappa shape index (κ1) is 29.3. The van der Waals surface area contributed by atoms with Crippen LogP contribution in [-0.2, 0) is 22.5 Å². The van der Waals surface area contributed by atoms with Crippen LogP contribution in [0.1, 0.15) is 68.8 Å². The van der Waals surface area contributed by atoms with E-state index in [1.165, 1.54) is 0 Å². The molecule has 0 aliphatic heterocycles. The Morgan fingerprint density at radius 3 is 2.64 bits per heavy atom. The Bertz CT molecular complexity index is 963. The number of aryl methyl sites for hydroxylation is 1. The molecule has 200 valence electrons. The quantitative estimate of drug-likeness (QED) is 0.295. The predicted molar refractivity (Wildman–Crippen MR) is 143 cm³/mol. The average Bonchev–Trinajstić information content (AvgIpc) is 2.84. The molecule has 0 fully saturated rings. The van der Waals surface area contributed by atoms with Crippen molar-refractivity contribution >= 4 is 17.7 Å². The van der Waals surface area contributed by atoms with E-state index < -0.39 is 0 Å². The molecule has 1 unspecified atom stereocenters. The zero-order chi connectivity index (χ0) is 26.5. The lowest BCUT2D eigenvalue weighted by Gasteiger charge is -2.22. The minimum Gasteiger partial charge on any atom is -0.496 e. The second-order valence-electron chi connectivity index (χ2n) is 8.88. The van der Waals surface area contributed by atoms with E-state index in [0.29, 0.717) is 44.8 Å². The van der Waals surface area contributed by atoms with Crippen molar-refractivity contribution in [2.24, 2.45) is 0 Å². The highest BCUT2D eigenvalue weighted by atomic mass is 16.5. The molecule has 1 atom stereocenters. The zero-order valence-electron chi connectivity index (χ0n) is 22.5. The fourth-order valence-electron chi connectivity index (χ4n) is 4.25. The minimum atomic E-state index is -0.172. The van der Waals surface area contributed by atoms with Gasteiger partial charge in [0.25, 0.3) is 0 Å². The first-order valence-electron chi connectivity index (χ1n) is 12.9. The number of nitrogens with zero attached hydrogens (tertiary/aromatic N) is 3. The summed E-state index contributed by atoms with van der Waals surface area (Å²) < 4.78 is 10.8. The van der Waals surface area contributed by atoms with Gasteiger partial charge < -0.3 is 25.6 Å². The molecule has 1 heterocycles. The van der Waals surface area contributed by atoms with Crippen LogP contribution in [0.25, 0.3) is 0 Å². The number of ether oxygens (including phenoxy) is 2. The van der Waals surface area contributed by atoms with E-state index >= 15 is 0 Å². The summed E-state index contributed by atoms with van der Waals surface area (Å²) in [6, 6.07) is 6.32. The molecule has 0 aliphatic carbocycles. The van der Waals surface area contributed by atoms with Gasteiger partial charge in [-0.15, -0.1) is 0 Å². The lowest BCUT2D eigenvalue weighted by molar-refractivity contribution is -0.143. The third-order valence-electron chi connectivity index (χ3n) is 6.20. The van der Waals surface area contributed by atoms with E-state index in [1.54, 1.807) is 7.11 Å². The van der Waals surface area contributed by atoms with Gasteiger partial charge in [0.1, 0.15) is 11.6 Å². The van der Waals surface area contributed by atoms with Crippen molar-refractivity contribution in [2.75, 3.05) is 44.5 Å². The largest absolute Gasteiger partial charge is 0.496 e. The second kappa shape index (κ2) is 15.3. The Kier molecular flexibility index (Phi) is 12.4. The maximum absolute atomic E-state index is 11.7. The number of anilines is 2. The number of carbonyl (C=O) groups excluding carboxylic acids is 1. The van der Waals surface area contributed by atoms with Crippen LogP contribution in [0.15, 0.2) is 18.2 Å². The van der Waals surface area contributed by atoms with Gasteiger partial charge in [0.05, 0.1) is 20.1 Å². The number of aliphatic hydroxyl groups excluding tert-OH is 1. The van der Waals surface area contributed by atoms with Crippen LogP contribution in [-0.4, -0.2) is 65.4 Å². The first-order chi connectivity index (χ1) is 17.3. The molecule has 36 heavy (non-hydrogen) atoms. The van der Waals surface area contributed by atoms with Crippen molar-refractivity contribution in [1.82, 2.24) is 14.9 Å². The number of hydrogen-bond acceptors (Lipinski definition) is 9. The first-order valence-corrected chi connectivity index (χ1v) is 12.9. The number of aliphatic hydroxyl groups is 1. The Labute approximate surface area is 215 Å². The fraction of sp³-hybridized carbons (Fsp3) is 0.593. The van der Waals surface area contributed by atoms with Crippen LogP contribution < -0.4 is 15.8 Å². The predicted octanol–water partition coefficient (Wildman–Crippen LogP) is 3.70. The molecule has 9 nitrogen and oxygen atoms in total. The molecule has 4 N–H and O–H groups in total. The van der Waals surface area contributed by atoms with E-state index in [-0.39, 0.29) is 24.6 Å². The van der Waals surface area contributed by atoms with Gasteiger partial charge in [-0.25, -0.2) is 4.98 Å². The lowest BCUT2D eigenvalue weighted by atomic mass is 10.0.